The molecule has 0 spiro atoms. The lowest BCUT2D eigenvalue weighted by Crippen LogP contribution is -2.34. The van der Waals surface area contributed by atoms with Crippen LogP contribution in [-0.2, 0) is 0 Å². The monoisotopic (exact) mass is 276 g/mol. The molecule has 2 heterocycles. The average Bonchev–Trinajstić information content (AvgIpc) is 2.82. The van der Waals surface area contributed by atoms with Gasteiger partial charge in [0, 0.05) is 17.5 Å². The Labute approximate surface area is 117 Å². The van der Waals surface area contributed by atoms with Gasteiger partial charge in [0.2, 0.25) is 0 Å². The molecule has 4 nitrogen and oxygen atoms in total. The molecule has 1 aromatic heterocycles. The van der Waals surface area contributed by atoms with E-state index in [9.17, 15) is 0 Å². The van der Waals surface area contributed by atoms with Gasteiger partial charge in [0.05, 0.1) is 11.0 Å². The third-order valence-electron chi connectivity index (χ3n) is 3.60. The summed E-state index contributed by atoms with van der Waals surface area (Å²) in [6, 6.07) is 6.49. The summed E-state index contributed by atoms with van der Waals surface area (Å²) in [4.78, 5) is 7.89. The second kappa shape index (κ2) is 5.84. The van der Waals surface area contributed by atoms with E-state index in [4.69, 9.17) is 5.73 Å². The standard InChI is InChI=1S/C14H20N4S/c15-10-4-5-12-13(9-10)18-14(17-12)19-8-6-11-3-1-2-7-16-11/h4-5,9,11,16H,1-3,6-8,15H2,(H,17,18). The Kier molecular flexibility index (Phi) is 3.94. The van der Waals surface area contributed by atoms with E-state index in [1.165, 1.54) is 32.2 Å². The normalized spacial score (nSPS) is 19.9. The molecule has 3 rings (SSSR count). The van der Waals surface area contributed by atoms with Crippen LogP contribution in [0.4, 0.5) is 5.69 Å². The molecule has 1 atom stereocenters. The molecule has 0 aliphatic carbocycles. The Morgan fingerprint density at radius 1 is 1.37 bits per heavy atom. The van der Waals surface area contributed by atoms with Crippen LogP contribution in [0.5, 0.6) is 0 Å². The second-order valence-electron chi connectivity index (χ2n) is 5.10. The molecule has 102 valence electrons. The van der Waals surface area contributed by atoms with Crippen molar-refractivity contribution in [2.45, 2.75) is 36.9 Å². The minimum absolute atomic E-state index is 0.696. The highest BCUT2D eigenvalue weighted by Gasteiger charge is 2.12. The number of piperidine rings is 1. The molecule has 0 amide bonds. The van der Waals surface area contributed by atoms with Crippen LogP contribution in [0.2, 0.25) is 0 Å². The van der Waals surface area contributed by atoms with Gasteiger partial charge in [-0.1, -0.05) is 18.2 Å². The highest BCUT2D eigenvalue weighted by atomic mass is 32.2. The first kappa shape index (κ1) is 12.8. The highest BCUT2D eigenvalue weighted by molar-refractivity contribution is 7.99. The van der Waals surface area contributed by atoms with Crippen LogP contribution in [-0.4, -0.2) is 28.3 Å². The summed E-state index contributed by atoms with van der Waals surface area (Å²) < 4.78 is 0. The number of anilines is 1. The molecule has 1 aliphatic heterocycles. The van der Waals surface area contributed by atoms with Crippen molar-refractivity contribution in [1.82, 2.24) is 15.3 Å². The van der Waals surface area contributed by atoms with E-state index in [-0.39, 0.29) is 0 Å². The Morgan fingerprint density at radius 2 is 2.32 bits per heavy atom. The molecule has 1 aromatic carbocycles. The van der Waals surface area contributed by atoms with Gasteiger partial charge in [-0.05, 0) is 44.0 Å². The van der Waals surface area contributed by atoms with E-state index in [1.54, 1.807) is 11.8 Å². The number of hydrogen-bond acceptors (Lipinski definition) is 4. The molecule has 1 unspecified atom stereocenters. The van der Waals surface area contributed by atoms with Gasteiger partial charge < -0.3 is 16.0 Å². The lowest BCUT2D eigenvalue weighted by Gasteiger charge is -2.22. The number of aromatic amines is 1. The number of fused-ring (bicyclic) bond motifs is 1. The van der Waals surface area contributed by atoms with Gasteiger partial charge in [-0.15, -0.1) is 0 Å². The van der Waals surface area contributed by atoms with Crippen LogP contribution in [0.15, 0.2) is 23.4 Å². The number of imidazole rings is 1. The third-order valence-corrected chi connectivity index (χ3v) is 4.51. The average molecular weight is 276 g/mol. The Balaban J connectivity index is 1.56. The van der Waals surface area contributed by atoms with Crippen LogP contribution in [0.3, 0.4) is 0 Å². The maximum Gasteiger partial charge on any atom is 0.166 e. The zero-order chi connectivity index (χ0) is 13.1. The second-order valence-corrected chi connectivity index (χ2v) is 6.19. The van der Waals surface area contributed by atoms with Gasteiger partial charge in [-0.3, -0.25) is 0 Å². The molecule has 1 aliphatic rings. The summed E-state index contributed by atoms with van der Waals surface area (Å²) in [7, 11) is 0. The van der Waals surface area contributed by atoms with E-state index < -0.39 is 0 Å². The van der Waals surface area contributed by atoms with Gasteiger partial charge in [0.1, 0.15) is 0 Å². The van der Waals surface area contributed by atoms with Crippen molar-refractivity contribution in [1.29, 1.82) is 0 Å². The minimum Gasteiger partial charge on any atom is -0.399 e. The SMILES string of the molecule is Nc1ccc2nc(SCCC3CCCCN3)[nH]c2c1. The van der Waals surface area contributed by atoms with Crippen LogP contribution in [0.1, 0.15) is 25.7 Å². The van der Waals surface area contributed by atoms with Crippen molar-refractivity contribution in [2.75, 3.05) is 18.0 Å². The molecule has 5 heteroatoms. The fraction of sp³-hybridized carbons (Fsp3) is 0.500. The van der Waals surface area contributed by atoms with Gasteiger partial charge in [-0.2, -0.15) is 0 Å². The summed E-state index contributed by atoms with van der Waals surface area (Å²) in [5, 5.41) is 4.58. The number of hydrogen-bond donors (Lipinski definition) is 3. The number of aromatic nitrogens is 2. The highest BCUT2D eigenvalue weighted by Crippen LogP contribution is 2.22. The molecule has 0 saturated carbocycles. The number of nitrogens with two attached hydrogens (primary N) is 1. The van der Waals surface area contributed by atoms with Crippen molar-refractivity contribution in [3.05, 3.63) is 18.2 Å². The predicted molar refractivity (Wildman–Crippen MR) is 81.5 cm³/mol. The van der Waals surface area contributed by atoms with E-state index in [0.717, 1.165) is 27.6 Å². The Hall–Kier alpha value is -1.20. The Bertz CT molecular complexity index is 545. The van der Waals surface area contributed by atoms with Crippen molar-refractivity contribution in [2.24, 2.45) is 0 Å². The molecule has 1 saturated heterocycles. The first-order valence-electron chi connectivity index (χ1n) is 6.93. The van der Waals surface area contributed by atoms with Gasteiger partial charge in [0.25, 0.3) is 0 Å². The maximum atomic E-state index is 5.77. The number of rotatable bonds is 4. The van der Waals surface area contributed by atoms with Crippen molar-refractivity contribution in [3.63, 3.8) is 0 Å². The smallest absolute Gasteiger partial charge is 0.166 e. The number of H-pyrrole nitrogens is 1. The quantitative estimate of drug-likeness (QED) is 0.593. The number of nitrogen functional groups attached to an aromatic ring is 1. The van der Waals surface area contributed by atoms with E-state index >= 15 is 0 Å². The topological polar surface area (TPSA) is 66.7 Å². The largest absolute Gasteiger partial charge is 0.399 e. The van der Waals surface area contributed by atoms with Gasteiger partial charge in [0.15, 0.2) is 5.16 Å². The first-order valence-corrected chi connectivity index (χ1v) is 7.91. The molecule has 0 bridgehead atoms. The fourth-order valence-electron chi connectivity index (χ4n) is 2.54. The van der Waals surface area contributed by atoms with Crippen molar-refractivity contribution >= 4 is 28.5 Å². The fourth-order valence-corrected chi connectivity index (χ4v) is 3.48. The molecule has 1 fully saturated rings. The summed E-state index contributed by atoms with van der Waals surface area (Å²) in [6.07, 6.45) is 5.22. The van der Waals surface area contributed by atoms with Crippen molar-refractivity contribution < 1.29 is 0 Å². The first-order chi connectivity index (χ1) is 9.31. The molecule has 2 aromatic rings. The molecular formula is C14H20N4S. The van der Waals surface area contributed by atoms with Gasteiger partial charge in [-0.25, -0.2) is 4.98 Å². The minimum atomic E-state index is 0.696. The maximum absolute atomic E-state index is 5.77. The van der Waals surface area contributed by atoms with Gasteiger partial charge >= 0.3 is 0 Å². The molecule has 4 N–H and O–H groups in total. The predicted octanol–water partition coefficient (Wildman–Crippen LogP) is 2.77. The van der Waals surface area contributed by atoms with Crippen LogP contribution < -0.4 is 11.1 Å². The Morgan fingerprint density at radius 3 is 3.16 bits per heavy atom. The summed E-state index contributed by atoms with van der Waals surface area (Å²) in [5.74, 6) is 1.10. The van der Waals surface area contributed by atoms with E-state index in [1.807, 2.05) is 18.2 Å². The van der Waals surface area contributed by atoms with Crippen LogP contribution >= 0.6 is 11.8 Å². The van der Waals surface area contributed by atoms with E-state index in [2.05, 4.69) is 15.3 Å². The molecule has 0 radical (unpaired) electrons. The molecular weight excluding hydrogens is 256 g/mol. The number of nitrogens with zero attached hydrogens (tertiary/aromatic N) is 1. The number of benzene rings is 1. The molecule has 19 heavy (non-hydrogen) atoms. The van der Waals surface area contributed by atoms with E-state index in [0.29, 0.717) is 6.04 Å². The number of nitrogens with one attached hydrogen (secondary N) is 2. The third kappa shape index (κ3) is 3.22. The zero-order valence-electron chi connectivity index (χ0n) is 11.0. The number of thioether (sulfide) groups is 1. The van der Waals surface area contributed by atoms with Crippen LogP contribution in [0.25, 0.3) is 11.0 Å². The lowest BCUT2D eigenvalue weighted by atomic mass is 10.0. The lowest BCUT2D eigenvalue weighted by molar-refractivity contribution is 0.394. The zero-order valence-corrected chi connectivity index (χ0v) is 11.8. The summed E-state index contributed by atoms with van der Waals surface area (Å²) in [6.45, 7) is 1.18. The summed E-state index contributed by atoms with van der Waals surface area (Å²) in [5.41, 5.74) is 8.56. The van der Waals surface area contributed by atoms with Crippen LogP contribution in [0, 0.1) is 0 Å². The van der Waals surface area contributed by atoms with Crippen molar-refractivity contribution in [3.8, 4) is 0 Å². The summed E-state index contributed by atoms with van der Waals surface area (Å²) >= 11 is 1.80.